The minimum atomic E-state index is -0.199. The number of carbonyl (C=O) groups is 1. The molecular weight excluding hydrogens is 386 g/mol. The summed E-state index contributed by atoms with van der Waals surface area (Å²) in [5.74, 6) is 6.06. The molecule has 0 aliphatic heterocycles. The summed E-state index contributed by atoms with van der Waals surface area (Å²) in [6, 6.07) is 18.7. The molecule has 0 unspecified atom stereocenters. The molecule has 0 aliphatic carbocycles. The first kappa shape index (κ1) is 18.5. The molecule has 1 N–H and O–H groups in total. The third-order valence-corrected chi connectivity index (χ3v) is 4.97. The first-order chi connectivity index (χ1) is 15.2. The predicted molar refractivity (Wildman–Crippen MR) is 120 cm³/mol. The minimum Gasteiger partial charge on any atom is -0.322 e. The van der Waals surface area contributed by atoms with E-state index in [-0.39, 0.29) is 5.91 Å². The van der Waals surface area contributed by atoms with Crippen LogP contribution in [0.3, 0.4) is 0 Å². The Morgan fingerprint density at radius 3 is 2.81 bits per heavy atom. The maximum Gasteiger partial charge on any atom is 0.255 e. The zero-order valence-electron chi connectivity index (χ0n) is 16.7. The van der Waals surface area contributed by atoms with Crippen LogP contribution in [0.4, 0.5) is 5.69 Å². The van der Waals surface area contributed by atoms with Gasteiger partial charge in [0.25, 0.3) is 5.91 Å². The van der Waals surface area contributed by atoms with Gasteiger partial charge in [-0.25, -0.2) is 9.50 Å². The van der Waals surface area contributed by atoms with E-state index in [9.17, 15) is 4.79 Å². The van der Waals surface area contributed by atoms with Crippen LogP contribution < -0.4 is 5.32 Å². The van der Waals surface area contributed by atoms with Crippen LogP contribution in [0.15, 0.2) is 79.3 Å². The summed E-state index contributed by atoms with van der Waals surface area (Å²) in [6.45, 7) is 1.97. The summed E-state index contributed by atoms with van der Waals surface area (Å²) in [5.41, 5.74) is 5.25. The van der Waals surface area contributed by atoms with Crippen LogP contribution in [-0.2, 0) is 0 Å². The molecule has 6 heteroatoms. The first-order valence-corrected chi connectivity index (χ1v) is 9.75. The number of hydrogen-bond acceptors (Lipinski definition) is 4. The van der Waals surface area contributed by atoms with Gasteiger partial charge in [-0.2, -0.15) is 5.10 Å². The zero-order valence-corrected chi connectivity index (χ0v) is 16.7. The van der Waals surface area contributed by atoms with E-state index in [1.807, 2.05) is 55.5 Å². The molecule has 0 atom stereocenters. The molecule has 0 saturated carbocycles. The van der Waals surface area contributed by atoms with Crippen molar-refractivity contribution in [3.63, 3.8) is 0 Å². The molecule has 5 rings (SSSR count). The molecule has 0 aliphatic rings. The van der Waals surface area contributed by atoms with E-state index < -0.39 is 0 Å². The molecular formula is C25H17N5O. The first-order valence-electron chi connectivity index (χ1n) is 9.75. The Hall–Kier alpha value is -4.50. The second-order valence-electron chi connectivity index (χ2n) is 7.08. The number of pyridine rings is 1. The summed E-state index contributed by atoms with van der Waals surface area (Å²) in [7, 11) is 0. The van der Waals surface area contributed by atoms with Crippen molar-refractivity contribution in [1.82, 2.24) is 19.6 Å². The molecule has 1 amide bonds. The molecule has 0 bridgehead atoms. The van der Waals surface area contributed by atoms with Gasteiger partial charge in [-0.3, -0.25) is 9.78 Å². The lowest BCUT2D eigenvalue weighted by molar-refractivity contribution is 0.102. The fraction of sp³-hybridized carbons (Fsp3) is 0.0400. The van der Waals surface area contributed by atoms with Crippen molar-refractivity contribution in [2.24, 2.45) is 0 Å². The third kappa shape index (κ3) is 3.72. The van der Waals surface area contributed by atoms with Crippen molar-refractivity contribution in [2.45, 2.75) is 6.92 Å². The molecule has 0 spiro atoms. The average molecular weight is 403 g/mol. The number of amides is 1. The molecule has 3 heterocycles. The number of nitrogens with one attached hydrogen (secondary N) is 1. The van der Waals surface area contributed by atoms with Crippen LogP contribution in [0.2, 0.25) is 0 Å². The van der Waals surface area contributed by atoms with Crippen molar-refractivity contribution in [2.75, 3.05) is 5.32 Å². The van der Waals surface area contributed by atoms with Crippen LogP contribution in [-0.4, -0.2) is 25.5 Å². The van der Waals surface area contributed by atoms with Crippen molar-refractivity contribution in [1.29, 1.82) is 0 Å². The summed E-state index contributed by atoms with van der Waals surface area (Å²) < 4.78 is 1.69. The maximum atomic E-state index is 12.8. The highest BCUT2D eigenvalue weighted by molar-refractivity contribution is 6.05. The Morgan fingerprint density at radius 1 is 0.968 bits per heavy atom. The molecule has 3 aromatic heterocycles. The van der Waals surface area contributed by atoms with Crippen LogP contribution in [0.1, 0.15) is 27.2 Å². The highest BCUT2D eigenvalue weighted by atomic mass is 16.1. The van der Waals surface area contributed by atoms with Crippen LogP contribution in [0.25, 0.3) is 16.6 Å². The van der Waals surface area contributed by atoms with Crippen LogP contribution >= 0.6 is 0 Å². The van der Waals surface area contributed by atoms with Gasteiger partial charge in [0.15, 0.2) is 5.65 Å². The van der Waals surface area contributed by atoms with Crippen molar-refractivity contribution < 1.29 is 4.79 Å². The standard InChI is InChI=1S/C25H17N5O/c1-17-6-7-20(25(31)29-21-10-8-18-4-2-12-26-23(18)15-21)14-19(17)9-11-22-16-27-24-5-3-13-28-30(22)24/h2-8,10,12-16H,1H3,(H,29,31). The Morgan fingerprint density at radius 2 is 1.87 bits per heavy atom. The van der Waals surface area contributed by atoms with E-state index >= 15 is 0 Å². The second-order valence-corrected chi connectivity index (χ2v) is 7.08. The number of aromatic nitrogens is 4. The SMILES string of the molecule is Cc1ccc(C(=O)Nc2ccc3cccnc3c2)cc1C#Cc1cnc2cccnn12. The maximum absolute atomic E-state index is 12.8. The molecule has 0 fully saturated rings. The van der Waals surface area contributed by atoms with Gasteiger partial charge in [-0.05, 0) is 60.9 Å². The van der Waals surface area contributed by atoms with E-state index in [1.165, 1.54) is 0 Å². The van der Waals surface area contributed by atoms with E-state index in [2.05, 4.69) is 32.2 Å². The Labute approximate surface area is 178 Å². The van der Waals surface area contributed by atoms with Gasteiger partial charge in [-0.1, -0.05) is 24.1 Å². The number of carbonyl (C=O) groups excluding carboxylic acids is 1. The summed E-state index contributed by atoms with van der Waals surface area (Å²) in [4.78, 5) is 21.5. The van der Waals surface area contributed by atoms with E-state index in [4.69, 9.17) is 0 Å². The monoisotopic (exact) mass is 403 g/mol. The third-order valence-electron chi connectivity index (χ3n) is 4.97. The number of imidazole rings is 1. The average Bonchev–Trinajstić information content (AvgIpc) is 3.21. The predicted octanol–water partition coefficient (Wildman–Crippen LogP) is 4.24. The summed E-state index contributed by atoms with van der Waals surface area (Å²) in [6.07, 6.45) is 5.12. The number of rotatable bonds is 2. The number of anilines is 1. The van der Waals surface area contributed by atoms with Crippen LogP contribution in [0.5, 0.6) is 0 Å². The largest absolute Gasteiger partial charge is 0.322 e. The van der Waals surface area contributed by atoms with Gasteiger partial charge in [0.2, 0.25) is 0 Å². The molecule has 0 radical (unpaired) electrons. The van der Waals surface area contributed by atoms with Crippen molar-refractivity contribution in [3.05, 3.63) is 102 Å². The van der Waals surface area contributed by atoms with Gasteiger partial charge < -0.3 is 5.32 Å². The van der Waals surface area contributed by atoms with Crippen molar-refractivity contribution in [3.8, 4) is 11.8 Å². The molecule has 31 heavy (non-hydrogen) atoms. The lowest BCUT2D eigenvalue weighted by Crippen LogP contribution is -2.12. The van der Waals surface area contributed by atoms with Crippen LogP contribution in [0, 0.1) is 18.8 Å². The smallest absolute Gasteiger partial charge is 0.255 e. The normalized spacial score (nSPS) is 10.6. The number of nitrogens with zero attached hydrogens (tertiary/aromatic N) is 4. The minimum absolute atomic E-state index is 0.199. The van der Waals surface area contributed by atoms with E-state index in [0.717, 1.165) is 27.7 Å². The molecule has 5 aromatic rings. The number of hydrogen-bond donors (Lipinski definition) is 1. The number of benzene rings is 2. The zero-order chi connectivity index (χ0) is 21.2. The highest BCUT2D eigenvalue weighted by Crippen LogP contribution is 2.18. The lowest BCUT2D eigenvalue weighted by atomic mass is 10.0. The Kier molecular flexibility index (Phi) is 4.62. The Bertz CT molecular complexity index is 1510. The quantitative estimate of drug-likeness (QED) is 0.448. The number of aryl methyl sites for hydroxylation is 1. The van der Waals surface area contributed by atoms with Gasteiger partial charge >= 0.3 is 0 Å². The van der Waals surface area contributed by atoms with Gasteiger partial charge in [0, 0.05) is 34.6 Å². The fourth-order valence-electron chi connectivity index (χ4n) is 3.29. The molecule has 6 nitrogen and oxygen atoms in total. The fourth-order valence-corrected chi connectivity index (χ4v) is 3.29. The summed E-state index contributed by atoms with van der Waals surface area (Å²) in [5, 5.41) is 8.24. The van der Waals surface area contributed by atoms with Crippen molar-refractivity contribution >= 4 is 28.1 Å². The summed E-state index contributed by atoms with van der Waals surface area (Å²) >= 11 is 0. The second kappa shape index (κ2) is 7.73. The topological polar surface area (TPSA) is 72.2 Å². The van der Waals surface area contributed by atoms with Gasteiger partial charge in [0.1, 0.15) is 5.69 Å². The van der Waals surface area contributed by atoms with E-state index in [1.54, 1.807) is 35.2 Å². The molecule has 2 aromatic carbocycles. The molecule has 0 saturated heterocycles. The Balaban J connectivity index is 1.42. The van der Waals surface area contributed by atoms with Gasteiger partial charge in [-0.15, -0.1) is 0 Å². The lowest BCUT2D eigenvalue weighted by Gasteiger charge is -2.08. The number of fused-ring (bicyclic) bond motifs is 2. The molecule has 148 valence electrons. The van der Waals surface area contributed by atoms with E-state index in [0.29, 0.717) is 16.9 Å². The highest BCUT2D eigenvalue weighted by Gasteiger charge is 2.09. The van der Waals surface area contributed by atoms with Gasteiger partial charge in [0.05, 0.1) is 11.7 Å².